The summed E-state index contributed by atoms with van der Waals surface area (Å²) < 4.78 is 1.75. The number of anilines is 1. The van der Waals surface area contributed by atoms with E-state index in [1.165, 1.54) is 0 Å². The molecule has 4 rings (SSSR count). The fourth-order valence-corrected chi connectivity index (χ4v) is 3.51. The van der Waals surface area contributed by atoms with Gasteiger partial charge in [-0.05, 0) is 44.2 Å². The van der Waals surface area contributed by atoms with Gasteiger partial charge >= 0.3 is 5.69 Å². The minimum atomic E-state index is -0.171. The van der Waals surface area contributed by atoms with Crippen LogP contribution in [0.4, 0.5) is 5.69 Å². The number of hydrogen-bond acceptors (Lipinski definition) is 4. The van der Waals surface area contributed by atoms with Crippen molar-refractivity contribution in [2.75, 3.05) is 18.0 Å². The summed E-state index contributed by atoms with van der Waals surface area (Å²) in [6.45, 7) is 5.26. The summed E-state index contributed by atoms with van der Waals surface area (Å²) in [5.41, 5.74) is 3.97. The summed E-state index contributed by atoms with van der Waals surface area (Å²) in [4.78, 5) is 33.9. The second-order valence-corrected chi connectivity index (χ2v) is 7.20. The Morgan fingerprint density at radius 3 is 2.82 bits per heavy atom. The molecule has 1 amide bonds. The largest absolute Gasteiger partial charge is 0.367 e. The molecule has 0 unspecified atom stereocenters. The number of carbonyl (C=O) groups is 1. The van der Waals surface area contributed by atoms with Crippen molar-refractivity contribution in [1.29, 1.82) is 0 Å². The third kappa shape index (κ3) is 3.43. The highest BCUT2D eigenvalue weighted by Gasteiger charge is 2.18. The van der Waals surface area contributed by atoms with E-state index >= 15 is 0 Å². The zero-order valence-corrected chi connectivity index (χ0v) is 16.0. The number of fused-ring (bicyclic) bond motifs is 1. The van der Waals surface area contributed by atoms with Crippen LogP contribution >= 0.6 is 0 Å². The first-order chi connectivity index (χ1) is 13.5. The quantitative estimate of drug-likeness (QED) is 0.732. The number of rotatable bonds is 4. The Bertz CT molecular complexity index is 1110. The number of H-pyrrole nitrogens is 1. The second kappa shape index (κ2) is 7.34. The number of aromatic amines is 1. The molecule has 1 aromatic carbocycles. The van der Waals surface area contributed by atoms with Crippen molar-refractivity contribution >= 4 is 28.3 Å². The molecular formula is C21H23N5O2. The highest BCUT2D eigenvalue weighted by molar-refractivity contribution is 5.93. The van der Waals surface area contributed by atoms with Crippen molar-refractivity contribution in [3.63, 3.8) is 0 Å². The van der Waals surface area contributed by atoms with E-state index in [4.69, 9.17) is 0 Å². The molecule has 0 aliphatic carbocycles. The summed E-state index contributed by atoms with van der Waals surface area (Å²) in [6.07, 6.45) is 4.46. The minimum absolute atomic E-state index is 0.0629. The number of aromatic nitrogens is 3. The van der Waals surface area contributed by atoms with E-state index in [1.54, 1.807) is 10.8 Å². The van der Waals surface area contributed by atoms with E-state index < -0.39 is 0 Å². The zero-order chi connectivity index (χ0) is 19.7. The van der Waals surface area contributed by atoms with E-state index in [0.29, 0.717) is 12.2 Å². The summed E-state index contributed by atoms with van der Waals surface area (Å²) >= 11 is 0. The lowest BCUT2D eigenvalue weighted by atomic mass is 10.1. The highest BCUT2D eigenvalue weighted by Crippen LogP contribution is 2.24. The van der Waals surface area contributed by atoms with Crippen molar-refractivity contribution in [3.8, 4) is 0 Å². The van der Waals surface area contributed by atoms with E-state index in [2.05, 4.69) is 26.3 Å². The Labute approximate surface area is 162 Å². The van der Waals surface area contributed by atoms with Crippen LogP contribution in [0, 0.1) is 0 Å². The molecule has 28 heavy (non-hydrogen) atoms. The van der Waals surface area contributed by atoms with Crippen LogP contribution in [0.1, 0.15) is 30.8 Å². The SMILES string of the molecule is CC(C)NC(=O)c1cc(N2CC=C(n3c(=O)[nH]c4ccccc43)CC2)ccn1. The molecule has 2 aromatic heterocycles. The lowest BCUT2D eigenvalue weighted by molar-refractivity contribution is 0.0938. The van der Waals surface area contributed by atoms with E-state index in [-0.39, 0.29) is 17.6 Å². The summed E-state index contributed by atoms with van der Waals surface area (Å²) in [7, 11) is 0. The molecule has 0 bridgehead atoms. The van der Waals surface area contributed by atoms with E-state index in [9.17, 15) is 9.59 Å². The van der Waals surface area contributed by atoms with Gasteiger partial charge in [-0.25, -0.2) is 4.79 Å². The van der Waals surface area contributed by atoms with Crippen LogP contribution in [0.3, 0.4) is 0 Å². The van der Waals surface area contributed by atoms with Gasteiger partial charge in [0.2, 0.25) is 0 Å². The maximum atomic E-state index is 12.4. The number of nitrogens with one attached hydrogen (secondary N) is 2. The molecule has 1 aliphatic heterocycles. The maximum absolute atomic E-state index is 12.4. The smallest absolute Gasteiger partial charge is 0.330 e. The highest BCUT2D eigenvalue weighted by atomic mass is 16.2. The van der Waals surface area contributed by atoms with Gasteiger partial charge in [0, 0.05) is 43.1 Å². The van der Waals surface area contributed by atoms with Crippen molar-refractivity contribution in [3.05, 3.63) is 64.8 Å². The van der Waals surface area contributed by atoms with Crippen molar-refractivity contribution in [2.24, 2.45) is 0 Å². The first-order valence-corrected chi connectivity index (χ1v) is 9.44. The number of amides is 1. The maximum Gasteiger partial charge on any atom is 0.330 e. The van der Waals surface area contributed by atoms with Crippen LogP contribution in [0.15, 0.2) is 53.5 Å². The van der Waals surface area contributed by atoms with Crippen LogP contribution in [-0.2, 0) is 0 Å². The van der Waals surface area contributed by atoms with Crippen molar-refractivity contribution in [2.45, 2.75) is 26.3 Å². The van der Waals surface area contributed by atoms with Crippen molar-refractivity contribution in [1.82, 2.24) is 19.9 Å². The van der Waals surface area contributed by atoms with Gasteiger partial charge in [0.1, 0.15) is 5.69 Å². The molecule has 144 valence electrons. The predicted molar refractivity (Wildman–Crippen MR) is 111 cm³/mol. The summed E-state index contributed by atoms with van der Waals surface area (Å²) in [6, 6.07) is 11.5. The van der Waals surface area contributed by atoms with Gasteiger partial charge in [-0.2, -0.15) is 0 Å². The lowest BCUT2D eigenvalue weighted by Crippen LogP contribution is -2.32. The molecule has 0 radical (unpaired) electrons. The number of carbonyl (C=O) groups excluding carboxylic acids is 1. The molecular weight excluding hydrogens is 354 g/mol. The average molecular weight is 377 g/mol. The molecule has 7 nitrogen and oxygen atoms in total. The Morgan fingerprint density at radius 1 is 1.25 bits per heavy atom. The normalized spacial score (nSPS) is 14.4. The molecule has 3 heterocycles. The third-order valence-corrected chi connectivity index (χ3v) is 4.82. The third-order valence-electron chi connectivity index (χ3n) is 4.82. The van der Waals surface area contributed by atoms with Gasteiger partial charge in [-0.1, -0.05) is 12.1 Å². The molecule has 1 aliphatic rings. The Hall–Kier alpha value is -3.35. The van der Waals surface area contributed by atoms with E-state index in [0.717, 1.165) is 35.4 Å². The Balaban J connectivity index is 1.57. The molecule has 0 saturated carbocycles. The number of imidazole rings is 1. The number of para-hydroxylation sites is 2. The number of hydrogen-bond donors (Lipinski definition) is 2. The Kier molecular flexibility index (Phi) is 4.73. The second-order valence-electron chi connectivity index (χ2n) is 7.20. The first kappa shape index (κ1) is 18.0. The summed E-state index contributed by atoms with van der Waals surface area (Å²) in [5, 5.41) is 2.86. The lowest BCUT2D eigenvalue weighted by Gasteiger charge is -2.28. The zero-order valence-electron chi connectivity index (χ0n) is 16.0. The van der Waals surface area contributed by atoms with Gasteiger partial charge in [0.25, 0.3) is 5.91 Å². The fraction of sp³-hybridized carbons (Fsp3) is 0.286. The van der Waals surface area contributed by atoms with Gasteiger partial charge in [0.15, 0.2) is 0 Å². The molecule has 3 aromatic rings. The summed E-state index contributed by atoms with van der Waals surface area (Å²) in [5.74, 6) is -0.171. The van der Waals surface area contributed by atoms with Crippen molar-refractivity contribution < 1.29 is 4.79 Å². The molecule has 0 fully saturated rings. The predicted octanol–water partition coefficient (Wildman–Crippen LogP) is 2.61. The molecule has 0 atom stereocenters. The van der Waals surface area contributed by atoms with Crippen LogP contribution < -0.4 is 15.9 Å². The van der Waals surface area contributed by atoms with Gasteiger partial charge in [-0.3, -0.25) is 14.3 Å². The Morgan fingerprint density at radius 2 is 2.07 bits per heavy atom. The standard InChI is InChI=1S/C21H23N5O2/c1-14(2)23-20(27)18-13-16(7-10-22-18)25-11-8-15(9-12-25)26-19-6-4-3-5-17(19)24-21(26)28/h3-8,10,13-14H,9,11-12H2,1-2H3,(H,23,27)(H,24,28). The van der Waals surface area contributed by atoms with Gasteiger partial charge < -0.3 is 15.2 Å². The molecule has 2 N–H and O–H groups in total. The van der Waals surface area contributed by atoms with Gasteiger partial charge in [-0.15, -0.1) is 0 Å². The average Bonchev–Trinajstić information content (AvgIpc) is 3.03. The monoisotopic (exact) mass is 377 g/mol. The molecule has 7 heteroatoms. The van der Waals surface area contributed by atoms with Crippen LogP contribution in [0.25, 0.3) is 16.7 Å². The number of benzene rings is 1. The van der Waals surface area contributed by atoms with Gasteiger partial charge in [0.05, 0.1) is 11.0 Å². The van der Waals surface area contributed by atoms with E-state index in [1.807, 2.05) is 50.2 Å². The van der Waals surface area contributed by atoms with Crippen LogP contribution in [0.2, 0.25) is 0 Å². The first-order valence-electron chi connectivity index (χ1n) is 9.44. The molecule has 0 saturated heterocycles. The number of nitrogens with zero attached hydrogens (tertiary/aromatic N) is 3. The van der Waals surface area contributed by atoms with Crippen LogP contribution in [-0.4, -0.2) is 39.6 Å². The fourth-order valence-electron chi connectivity index (χ4n) is 3.51. The molecule has 0 spiro atoms. The minimum Gasteiger partial charge on any atom is -0.367 e. The number of pyridine rings is 1. The topological polar surface area (TPSA) is 83.0 Å². The van der Waals surface area contributed by atoms with Crippen LogP contribution in [0.5, 0.6) is 0 Å².